The van der Waals surface area contributed by atoms with Gasteiger partial charge in [0.05, 0.1) is 0 Å². The lowest BCUT2D eigenvalue weighted by molar-refractivity contribution is -0.139. The quantitative estimate of drug-likeness (QED) is 0.881. The predicted molar refractivity (Wildman–Crippen MR) is 75.1 cm³/mol. The summed E-state index contributed by atoms with van der Waals surface area (Å²) in [6, 6.07) is 15.7. The Balaban J connectivity index is 2.11. The van der Waals surface area contributed by atoms with Crippen LogP contribution in [0.4, 0.5) is 0 Å². The monoisotopic (exact) mass is 275 g/mol. The second kappa shape index (κ2) is 6.36. The van der Waals surface area contributed by atoms with Crippen LogP contribution in [0.25, 0.3) is 0 Å². The maximum Gasteiger partial charge on any atom is 0.325 e. The minimum atomic E-state index is -0.904. The number of carboxylic acid groups (broad SMARTS) is 1. The second-order valence-corrected chi connectivity index (χ2v) is 4.56. The fraction of sp³-hybridized carbons (Fsp3) is 0.133. The van der Waals surface area contributed by atoms with Crippen LogP contribution >= 0.6 is 11.6 Å². The van der Waals surface area contributed by atoms with Gasteiger partial charge in [0.15, 0.2) is 0 Å². The zero-order chi connectivity index (χ0) is 13.7. The van der Waals surface area contributed by atoms with Gasteiger partial charge in [-0.3, -0.25) is 10.1 Å². The molecule has 0 spiro atoms. The van der Waals surface area contributed by atoms with E-state index in [4.69, 9.17) is 11.6 Å². The van der Waals surface area contributed by atoms with Crippen molar-refractivity contribution in [1.82, 2.24) is 5.32 Å². The smallest absolute Gasteiger partial charge is 0.325 e. The molecule has 0 radical (unpaired) electrons. The van der Waals surface area contributed by atoms with E-state index in [1.165, 1.54) is 0 Å². The van der Waals surface area contributed by atoms with Crippen molar-refractivity contribution >= 4 is 17.6 Å². The van der Waals surface area contributed by atoms with Gasteiger partial charge < -0.3 is 5.11 Å². The van der Waals surface area contributed by atoms with E-state index in [-0.39, 0.29) is 0 Å². The van der Waals surface area contributed by atoms with E-state index in [9.17, 15) is 9.90 Å². The Bertz CT molecular complexity index is 557. The molecule has 0 aromatic heterocycles. The summed E-state index contributed by atoms with van der Waals surface area (Å²) in [7, 11) is 0. The summed E-state index contributed by atoms with van der Waals surface area (Å²) in [5.41, 5.74) is 1.61. The average Bonchev–Trinajstić information content (AvgIpc) is 2.42. The molecule has 0 bridgehead atoms. The van der Waals surface area contributed by atoms with Crippen LogP contribution in [0.1, 0.15) is 17.2 Å². The molecule has 0 amide bonds. The summed E-state index contributed by atoms with van der Waals surface area (Å²) in [6.45, 7) is 0.408. The van der Waals surface area contributed by atoms with Gasteiger partial charge in [-0.2, -0.15) is 0 Å². The maximum atomic E-state index is 11.3. The minimum absolute atomic E-state index is 0.408. The summed E-state index contributed by atoms with van der Waals surface area (Å²) in [4.78, 5) is 11.3. The molecule has 0 heterocycles. The van der Waals surface area contributed by atoms with E-state index in [0.29, 0.717) is 11.6 Å². The third-order valence-electron chi connectivity index (χ3n) is 2.83. The topological polar surface area (TPSA) is 49.3 Å². The Morgan fingerprint density at radius 3 is 2.37 bits per heavy atom. The molecule has 19 heavy (non-hydrogen) atoms. The Morgan fingerprint density at radius 1 is 1.11 bits per heavy atom. The highest BCUT2D eigenvalue weighted by molar-refractivity contribution is 6.31. The van der Waals surface area contributed by atoms with Gasteiger partial charge in [0.2, 0.25) is 0 Å². The zero-order valence-corrected chi connectivity index (χ0v) is 11.0. The SMILES string of the molecule is O=C(O)C(NCc1ccccc1Cl)c1ccccc1. The lowest BCUT2D eigenvalue weighted by atomic mass is 10.1. The van der Waals surface area contributed by atoms with Crippen LogP contribution in [0, 0.1) is 0 Å². The van der Waals surface area contributed by atoms with Crippen LogP contribution in [-0.2, 0) is 11.3 Å². The first kappa shape index (κ1) is 13.6. The average molecular weight is 276 g/mol. The Hall–Kier alpha value is -1.84. The molecule has 2 aromatic carbocycles. The summed E-state index contributed by atoms with van der Waals surface area (Å²) >= 11 is 6.05. The highest BCUT2D eigenvalue weighted by Gasteiger charge is 2.18. The lowest BCUT2D eigenvalue weighted by Crippen LogP contribution is -2.28. The summed E-state index contributed by atoms with van der Waals surface area (Å²) in [5.74, 6) is -0.904. The van der Waals surface area contributed by atoms with Crippen LogP contribution in [0.5, 0.6) is 0 Å². The molecule has 0 aliphatic carbocycles. The van der Waals surface area contributed by atoms with Gasteiger partial charge in [0.25, 0.3) is 0 Å². The number of benzene rings is 2. The summed E-state index contributed by atoms with van der Waals surface area (Å²) in [5, 5.41) is 12.9. The molecule has 2 aromatic rings. The standard InChI is InChI=1S/C15H14ClNO2/c16-13-9-5-4-8-12(13)10-17-14(15(18)19)11-6-2-1-3-7-11/h1-9,14,17H,10H2,(H,18,19). The number of carbonyl (C=O) groups is 1. The van der Waals surface area contributed by atoms with E-state index < -0.39 is 12.0 Å². The first-order valence-corrected chi connectivity index (χ1v) is 6.31. The summed E-state index contributed by atoms with van der Waals surface area (Å²) in [6.07, 6.45) is 0. The molecule has 4 heteroatoms. The van der Waals surface area contributed by atoms with E-state index in [1.54, 1.807) is 18.2 Å². The predicted octanol–water partition coefficient (Wildman–Crippen LogP) is 3.26. The van der Waals surface area contributed by atoms with Crippen molar-refractivity contribution in [2.75, 3.05) is 0 Å². The molecule has 2 N–H and O–H groups in total. The van der Waals surface area contributed by atoms with Crippen molar-refractivity contribution < 1.29 is 9.90 Å². The van der Waals surface area contributed by atoms with E-state index in [2.05, 4.69) is 5.32 Å². The van der Waals surface area contributed by atoms with Crippen molar-refractivity contribution in [2.45, 2.75) is 12.6 Å². The highest BCUT2D eigenvalue weighted by Crippen LogP contribution is 2.17. The molecule has 98 valence electrons. The molecule has 0 aliphatic heterocycles. The van der Waals surface area contributed by atoms with Gasteiger partial charge in [-0.25, -0.2) is 0 Å². The Labute approximate surface area is 116 Å². The largest absolute Gasteiger partial charge is 0.480 e. The van der Waals surface area contributed by atoms with Crippen molar-refractivity contribution in [2.24, 2.45) is 0 Å². The number of hydrogen-bond acceptors (Lipinski definition) is 2. The minimum Gasteiger partial charge on any atom is -0.480 e. The van der Waals surface area contributed by atoms with Crippen LogP contribution < -0.4 is 5.32 Å². The lowest BCUT2D eigenvalue weighted by Gasteiger charge is -2.15. The van der Waals surface area contributed by atoms with Crippen LogP contribution in [0.2, 0.25) is 5.02 Å². The Kier molecular flexibility index (Phi) is 4.55. The van der Waals surface area contributed by atoms with Crippen molar-refractivity contribution in [3.63, 3.8) is 0 Å². The number of halogens is 1. The summed E-state index contributed by atoms with van der Waals surface area (Å²) < 4.78 is 0. The van der Waals surface area contributed by atoms with Gasteiger partial charge in [-0.15, -0.1) is 0 Å². The third kappa shape index (κ3) is 3.56. The molecule has 1 unspecified atom stereocenters. The highest BCUT2D eigenvalue weighted by atomic mass is 35.5. The first-order chi connectivity index (χ1) is 9.18. The molecular weight excluding hydrogens is 262 g/mol. The normalized spacial score (nSPS) is 12.1. The molecular formula is C15H14ClNO2. The number of carboxylic acids is 1. The van der Waals surface area contributed by atoms with E-state index >= 15 is 0 Å². The number of aliphatic carboxylic acids is 1. The Morgan fingerprint density at radius 2 is 1.74 bits per heavy atom. The second-order valence-electron chi connectivity index (χ2n) is 4.15. The molecule has 0 aliphatic rings. The molecule has 0 saturated carbocycles. The van der Waals surface area contributed by atoms with Gasteiger partial charge in [0.1, 0.15) is 6.04 Å². The molecule has 2 rings (SSSR count). The molecule has 1 atom stereocenters. The van der Waals surface area contributed by atoms with Crippen molar-refractivity contribution in [3.05, 3.63) is 70.7 Å². The zero-order valence-electron chi connectivity index (χ0n) is 10.2. The maximum absolute atomic E-state index is 11.3. The van der Waals surface area contributed by atoms with Crippen molar-refractivity contribution in [3.8, 4) is 0 Å². The van der Waals surface area contributed by atoms with Gasteiger partial charge in [-0.05, 0) is 17.2 Å². The number of rotatable bonds is 5. The fourth-order valence-electron chi connectivity index (χ4n) is 1.85. The first-order valence-electron chi connectivity index (χ1n) is 5.93. The number of nitrogens with one attached hydrogen (secondary N) is 1. The van der Waals surface area contributed by atoms with Crippen LogP contribution in [0.15, 0.2) is 54.6 Å². The van der Waals surface area contributed by atoms with E-state index in [0.717, 1.165) is 11.1 Å². The van der Waals surface area contributed by atoms with Gasteiger partial charge in [-0.1, -0.05) is 60.1 Å². The third-order valence-corrected chi connectivity index (χ3v) is 3.20. The van der Waals surface area contributed by atoms with Crippen LogP contribution in [-0.4, -0.2) is 11.1 Å². The van der Waals surface area contributed by atoms with Gasteiger partial charge in [0, 0.05) is 11.6 Å². The van der Waals surface area contributed by atoms with Crippen LogP contribution in [0.3, 0.4) is 0 Å². The van der Waals surface area contributed by atoms with Gasteiger partial charge >= 0.3 is 5.97 Å². The molecule has 0 saturated heterocycles. The molecule has 0 fully saturated rings. The van der Waals surface area contributed by atoms with E-state index in [1.807, 2.05) is 36.4 Å². The fourth-order valence-corrected chi connectivity index (χ4v) is 2.05. The number of hydrogen-bond donors (Lipinski definition) is 2. The molecule has 3 nitrogen and oxygen atoms in total. The van der Waals surface area contributed by atoms with Crippen molar-refractivity contribution in [1.29, 1.82) is 0 Å².